The van der Waals surface area contributed by atoms with Gasteiger partial charge in [-0.25, -0.2) is 0 Å². The summed E-state index contributed by atoms with van der Waals surface area (Å²) >= 11 is 6.03. The van der Waals surface area contributed by atoms with Crippen LogP contribution >= 0.6 is 11.6 Å². The minimum absolute atomic E-state index is 0.281. The normalized spacial score (nSPS) is 10.3. The molecule has 1 amide bonds. The predicted octanol–water partition coefficient (Wildman–Crippen LogP) is 5.29. The Hall–Kier alpha value is -2.72. The van der Waals surface area contributed by atoms with Gasteiger partial charge < -0.3 is 14.5 Å². The van der Waals surface area contributed by atoms with E-state index in [4.69, 9.17) is 20.8 Å². The molecule has 0 fully saturated rings. The van der Waals surface area contributed by atoms with Gasteiger partial charge in [0.2, 0.25) is 0 Å². The number of aryl methyl sites for hydroxylation is 1. The van der Waals surface area contributed by atoms with Crippen molar-refractivity contribution >= 4 is 23.2 Å². The summed E-state index contributed by atoms with van der Waals surface area (Å²) in [7, 11) is 0. The van der Waals surface area contributed by atoms with Crippen LogP contribution in [0.5, 0.6) is 11.5 Å². The molecule has 5 heteroatoms. The summed E-state index contributed by atoms with van der Waals surface area (Å²) in [6.07, 6.45) is 1.48. The molecule has 3 aromatic rings. The van der Waals surface area contributed by atoms with Crippen LogP contribution in [0.2, 0.25) is 5.02 Å². The van der Waals surface area contributed by atoms with Crippen molar-refractivity contribution in [2.75, 3.05) is 5.32 Å². The lowest BCUT2D eigenvalue weighted by atomic mass is 10.2. The van der Waals surface area contributed by atoms with Gasteiger partial charge in [0.15, 0.2) is 5.75 Å². The number of hydrogen-bond donors (Lipinski definition) is 1. The Bertz CT molecular complexity index is 827. The Morgan fingerprint density at radius 2 is 1.91 bits per heavy atom. The predicted molar refractivity (Wildman–Crippen MR) is 89.4 cm³/mol. The first kappa shape index (κ1) is 15.2. The van der Waals surface area contributed by atoms with Gasteiger partial charge >= 0.3 is 0 Å². The summed E-state index contributed by atoms with van der Waals surface area (Å²) in [6, 6.07) is 16.0. The maximum Gasteiger partial charge on any atom is 0.259 e. The molecule has 0 spiro atoms. The van der Waals surface area contributed by atoms with Crippen LogP contribution in [0.1, 0.15) is 16.1 Å². The standard InChI is InChI=1S/C18H14ClNO3/c1-12-15(9-10-22-12)18(21)20-16-11-13(19)7-8-17(16)23-14-5-3-2-4-6-14/h2-11H,1H3,(H,20,21). The fourth-order valence-corrected chi connectivity index (χ4v) is 2.29. The molecule has 0 aliphatic rings. The number of amides is 1. The summed E-state index contributed by atoms with van der Waals surface area (Å²) in [4.78, 5) is 12.3. The molecular formula is C18H14ClNO3. The number of rotatable bonds is 4. The molecule has 0 radical (unpaired) electrons. The Kier molecular flexibility index (Phi) is 4.35. The van der Waals surface area contributed by atoms with Gasteiger partial charge in [0, 0.05) is 5.02 Å². The van der Waals surface area contributed by atoms with Crippen molar-refractivity contribution in [1.82, 2.24) is 0 Å². The van der Waals surface area contributed by atoms with Crippen LogP contribution in [0.25, 0.3) is 0 Å². The average Bonchev–Trinajstić information content (AvgIpc) is 2.97. The zero-order valence-electron chi connectivity index (χ0n) is 12.4. The van der Waals surface area contributed by atoms with Gasteiger partial charge in [-0.15, -0.1) is 0 Å². The van der Waals surface area contributed by atoms with Crippen molar-refractivity contribution in [3.8, 4) is 11.5 Å². The molecule has 0 unspecified atom stereocenters. The van der Waals surface area contributed by atoms with E-state index in [0.29, 0.717) is 33.5 Å². The summed E-state index contributed by atoms with van der Waals surface area (Å²) in [5, 5.41) is 3.31. The smallest absolute Gasteiger partial charge is 0.259 e. The van der Waals surface area contributed by atoms with Crippen LogP contribution in [0.15, 0.2) is 65.3 Å². The van der Waals surface area contributed by atoms with Gasteiger partial charge in [0.25, 0.3) is 5.91 Å². The summed E-state index contributed by atoms with van der Waals surface area (Å²) < 4.78 is 11.0. The van der Waals surface area contributed by atoms with Crippen LogP contribution in [-0.2, 0) is 0 Å². The molecule has 0 bridgehead atoms. The summed E-state index contributed by atoms with van der Waals surface area (Å²) in [5.41, 5.74) is 0.961. The molecule has 0 aliphatic carbocycles. The number of carbonyl (C=O) groups excluding carboxylic acids is 1. The topological polar surface area (TPSA) is 51.5 Å². The zero-order valence-corrected chi connectivity index (χ0v) is 13.1. The number of halogens is 1. The van der Waals surface area contributed by atoms with Gasteiger partial charge in [-0.3, -0.25) is 4.79 Å². The summed E-state index contributed by atoms with van der Waals surface area (Å²) in [5.74, 6) is 1.45. The number of carbonyl (C=O) groups is 1. The number of furan rings is 1. The minimum Gasteiger partial charge on any atom is -0.469 e. The first-order valence-electron chi connectivity index (χ1n) is 7.01. The molecule has 2 aromatic carbocycles. The Morgan fingerprint density at radius 1 is 1.13 bits per heavy atom. The Balaban J connectivity index is 1.87. The zero-order chi connectivity index (χ0) is 16.2. The fourth-order valence-electron chi connectivity index (χ4n) is 2.11. The molecule has 116 valence electrons. The molecule has 1 N–H and O–H groups in total. The van der Waals surface area contributed by atoms with E-state index in [-0.39, 0.29) is 5.91 Å². The van der Waals surface area contributed by atoms with Crippen molar-refractivity contribution in [2.24, 2.45) is 0 Å². The van der Waals surface area contributed by atoms with Gasteiger partial charge in [-0.05, 0) is 43.3 Å². The number of para-hydroxylation sites is 1. The van der Waals surface area contributed by atoms with Crippen molar-refractivity contribution in [1.29, 1.82) is 0 Å². The van der Waals surface area contributed by atoms with Crippen molar-refractivity contribution < 1.29 is 13.9 Å². The quantitative estimate of drug-likeness (QED) is 0.708. The lowest BCUT2D eigenvalue weighted by molar-refractivity contribution is 0.102. The van der Waals surface area contributed by atoms with E-state index in [0.717, 1.165) is 0 Å². The lowest BCUT2D eigenvalue weighted by Crippen LogP contribution is -2.12. The van der Waals surface area contributed by atoms with Gasteiger partial charge in [0.05, 0.1) is 17.5 Å². The monoisotopic (exact) mass is 327 g/mol. The highest BCUT2D eigenvalue weighted by atomic mass is 35.5. The molecule has 1 heterocycles. The molecule has 1 aromatic heterocycles. The molecule has 0 saturated heterocycles. The van der Waals surface area contributed by atoms with Gasteiger partial charge in [-0.1, -0.05) is 29.8 Å². The number of ether oxygens (including phenoxy) is 1. The molecule has 0 atom stereocenters. The third-order valence-electron chi connectivity index (χ3n) is 3.26. The van der Waals surface area contributed by atoms with Crippen LogP contribution in [0, 0.1) is 6.92 Å². The molecule has 4 nitrogen and oxygen atoms in total. The first-order valence-corrected chi connectivity index (χ1v) is 7.39. The van der Waals surface area contributed by atoms with Crippen molar-refractivity contribution in [2.45, 2.75) is 6.92 Å². The minimum atomic E-state index is -0.281. The fraction of sp³-hybridized carbons (Fsp3) is 0.0556. The second kappa shape index (κ2) is 6.58. The van der Waals surface area contributed by atoms with Crippen LogP contribution in [-0.4, -0.2) is 5.91 Å². The lowest BCUT2D eigenvalue weighted by Gasteiger charge is -2.12. The SMILES string of the molecule is Cc1occc1C(=O)Nc1cc(Cl)ccc1Oc1ccccc1. The third kappa shape index (κ3) is 3.55. The maximum absolute atomic E-state index is 12.3. The maximum atomic E-state index is 12.3. The number of hydrogen-bond acceptors (Lipinski definition) is 3. The Morgan fingerprint density at radius 3 is 2.61 bits per heavy atom. The molecule has 3 rings (SSSR count). The van der Waals surface area contributed by atoms with E-state index in [1.165, 1.54) is 6.26 Å². The van der Waals surface area contributed by atoms with Gasteiger partial charge in [0.1, 0.15) is 11.5 Å². The van der Waals surface area contributed by atoms with E-state index in [9.17, 15) is 4.79 Å². The van der Waals surface area contributed by atoms with Gasteiger partial charge in [-0.2, -0.15) is 0 Å². The largest absolute Gasteiger partial charge is 0.469 e. The average molecular weight is 328 g/mol. The highest BCUT2D eigenvalue weighted by Gasteiger charge is 2.15. The molecular weight excluding hydrogens is 314 g/mol. The summed E-state index contributed by atoms with van der Waals surface area (Å²) in [6.45, 7) is 1.73. The molecule has 0 saturated carbocycles. The molecule has 0 aliphatic heterocycles. The Labute approximate surface area is 138 Å². The second-order valence-electron chi connectivity index (χ2n) is 4.90. The number of benzene rings is 2. The van der Waals surface area contributed by atoms with E-state index < -0.39 is 0 Å². The number of nitrogens with one attached hydrogen (secondary N) is 1. The van der Waals surface area contributed by atoms with E-state index in [2.05, 4.69) is 5.32 Å². The van der Waals surface area contributed by atoms with Crippen LogP contribution in [0.3, 0.4) is 0 Å². The number of anilines is 1. The van der Waals surface area contributed by atoms with E-state index in [1.807, 2.05) is 30.3 Å². The highest BCUT2D eigenvalue weighted by Crippen LogP contribution is 2.32. The molecule has 23 heavy (non-hydrogen) atoms. The van der Waals surface area contributed by atoms with Crippen LogP contribution in [0.4, 0.5) is 5.69 Å². The van der Waals surface area contributed by atoms with Crippen LogP contribution < -0.4 is 10.1 Å². The van der Waals surface area contributed by atoms with Crippen molar-refractivity contribution in [3.05, 3.63) is 77.2 Å². The third-order valence-corrected chi connectivity index (χ3v) is 3.50. The second-order valence-corrected chi connectivity index (χ2v) is 5.34. The van der Waals surface area contributed by atoms with E-state index >= 15 is 0 Å². The first-order chi connectivity index (χ1) is 11.1. The van der Waals surface area contributed by atoms with E-state index in [1.54, 1.807) is 31.2 Å². The highest BCUT2D eigenvalue weighted by molar-refractivity contribution is 6.31. The van der Waals surface area contributed by atoms with Crippen molar-refractivity contribution in [3.63, 3.8) is 0 Å².